The molecule has 94 valence electrons. The van der Waals surface area contributed by atoms with Crippen molar-refractivity contribution in [2.24, 2.45) is 5.73 Å². The van der Waals surface area contributed by atoms with Crippen molar-refractivity contribution in [2.45, 2.75) is 25.8 Å². The molecule has 0 aliphatic carbocycles. The maximum atomic E-state index is 11.1. The van der Waals surface area contributed by atoms with E-state index < -0.39 is 0 Å². The Morgan fingerprint density at radius 1 is 1.41 bits per heavy atom. The minimum absolute atomic E-state index is 0.216. The maximum Gasteiger partial charge on any atom is 0.307 e. The van der Waals surface area contributed by atoms with E-state index in [9.17, 15) is 4.79 Å². The molecule has 1 rings (SSSR count). The van der Waals surface area contributed by atoms with E-state index in [1.165, 1.54) is 7.11 Å². The summed E-state index contributed by atoms with van der Waals surface area (Å²) < 4.78 is 9.85. The molecule has 1 aromatic rings. The molecule has 17 heavy (non-hydrogen) atoms. The van der Waals surface area contributed by atoms with E-state index in [4.69, 9.17) is 10.5 Å². The van der Waals surface area contributed by atoms with Crippen LogP contribution in [0.25, 0.3) is 0 Å². The molecule has 0 saturated heterocycles. The van der Waals surface area contributed by atoms with E-state index in [1.54, 1.807) is 7.11 Å². The van der Waals surface area contributed by atoms with Gasteiger partial charge in [-0.3, -0.25) is 4.79 Å². The van der Waals surface area contributed by atoms with Crippen LogP contribution >= 0.6 is 0 Å². The average molecular weight is 237 g/mol. The normalized spacial score (nSPS) is 12.0. The van der Waals surface area contributed by atoms with Gasteiger partial charge in [0.15, 0.2) is 0 Å². The first-order valence-electron chi connectivity index (χ1n) is 5.52. The number of hydrogen-bond donors (Lipinski definition) is 1. The van der Waals surface area contributed by atoms with Crippen LogP contribution in [0.15, 0.2) is 18.2 Å². The molecule has 0 aliphatic rings. The highest BCUT2D eigenvalue weighted by Crippen LogP contribution is 2.21. The molecule has 0 spiro atoms. The van der Waals surface area contributed by atoms with E-state index in [0.29, 0.717) is 6.42 Å². The Kier molecular flexibility index (Phi) is 4.97. The van der Waals surface area contributed by atoms with Gasteiger partial charge in [-0.25, -0.2) is 0 Å². The highest BCUT2D eigenvalue weighted by molar-refractivity contribution is 5.69. The molecule has 1 atom stereocenters. The summed E-state index contributed by atoms with van der Waals surface area (Å²) in [5, 5.41) is 0. The second kappa shape index (κ2) is 6.25. The van der Waals surface area contributed by atoms with Crippen LogP contribution in [-0.4, -0.2) is 26.2 Å². The van der Waals surface area contributed by atoms with Gasteiger partial charge < -0.3 is 15.2 Å². The molecule has 1 aromatic carbocycles. The molecule has 0 heterocycles. The molecule has 1 unspecified atom stereocenters. The number of aryl methyl sites for hydroxylation is 1. The van der Waals surface area contributed by atoms with Crippen molar-refractivity contribution in [2.75, 3.05) is 14.2 Å². The van der Waals surface area contributed by atoms with Crippen molar-refractivity contribution in [3.05, 3.63) is 29.3 Å². The van der Waals surface area contributed by atoms with Gasteiger partial charge in [-0.15, -0.1) is 0 Å². The Bertz CT molecular complexity index is 390. The fourth-order valence-electron chi connectivity index (χ4n) is 1.72. The smallest absolute Gasteiger partial charge is 0.307 e. The lowest BCUT2D eigenvalue weighted by molar-refractivity contribution is -0.140. The first-order chi connectivity index (χ1) is 8.06. The highest BCUT2D eigenvalue weighted by atomic mass is 16.5. The fourth-order valence-corrected chi connectivity index (χ4v) is 1.72. The molecule has 0 amide bonds. The van der Waals surface area contributed by atoms with Crippen molar-refractivity contribution in [3.63, 3.8) is 0 Å². The summed E-state index contributed by atoms with van der Waals surface area (Å²) in [6.45, 7) is 2.01. The summed E-state index contributed by atoms with van der Waals surface area (Å²) in [7, 11) is 2.99. The van der Waals surface area contributed by atoms with Crippen molar-refractivity contribution in [1.82, 2.24) is 0 Å². The predicted octanol–water partition coefficient (Wildman–Crippen LogP) is 1.44. The second-order valence-electron chi connectivity index (χ2n) is 4.06. The quantitative estimate of drug-likeness (QED) is 0.787. The van der Waals surface area contributed by atoms with E-state index in [0.717, 1.165) is 16.9 Å². The third-order valence-corrected chi connectivity index (χ3v) is 2.57. The van der Waals surface area contributed by atoms with E-state index in [-0.39, 0.29) is 18.4 Å². The molecule has 0 aromatic heterocycles. The first-order valence-corrected chi connectivity index (χ1v) is 5.52. The van der Waals surface area contributed by atoms with Crippen molar-refractivity contribution in [3.8, 4) is 5.75 Å². The van der Waals surface area contributed by atoms with Crippen LogP contribution in [0.5, 0.6) is 5.75 Å². The molecule has 0 fully saturated rings. The van der Waals surface area contributed by atoms with E-state index >= 15 is 0 Å². The van der Waals surface area contributed by atoms with Crippen LogP contribution in [-0.2, 0) is 16.0 Å². The lowest BCUT2D eigenvalue weighted by Gasteiger charge is -2.14. The van der Waals surface area contributed by atoms with Crippen molar-refractivity contribution < 1.29 is 14.3 Å². The second-order valence-corrected chi connectivity index (χ2v) is 4.06. The third-order valence-electron chi connectivity index (χ3n) is 2.57. The van der Waals surface area contributed by atoms with Gasteiger partial charge in [0.25, 0.3) is 0 Å². The summed E-state index contributed by atoms with van der Waals surface area (Å²) in [4.78, 5) is 11.1. The molecule has 0 bridgehead atoms. The standard InChI is InChI=1S/C13H19NO3/c1-9-4-5-12(16-2)10(6-9)7-11(14)8-13(15)17-3/h4-6,11H,7-8,14H2,1-3H3. The number of rotatable bonds is 5. The van der Waals surface area contributed by atoms with Gasteiger partial charge in [0, 0.05) is 6.04 Å². The summed E-state index contributed by atoms with van der Waals surface area (Å²) in [6, 6.07) is 5.66. The highest BCUT2D eigenvalue weighted by Gasteiger charge is 2.13. The van der Waals surface area contributed by atoms with E-state index in [1.807, 2.05) is 25.1 Å². The SMILES string of the molecule is COC(=O)CC(N)Cc1cc(C)ccc1OC. The zero-order chi connectivity index (χ0) is 12.8. The number of benzene rings is 1. The summed E-state index contributed by atoms with van der Waals surface area (Å²) in [5.41, 5.74) is 8.06. The molecule has 2 N–H and O–H groups in total. The lowest BCUT2D eigenvalue weighted by Crippen LogP contribution is -2.27. The first kappa shape index (κ1) is 13.5. The topological polar surface area (TPSA) is 61.5 Å². The van der Waals surface area contributed by atoms with Crippen molar-refractivity contribution >= 4 is 5.97 Å². The number of carbonyl (C=O) groups is 1. The Balaban J connectivity index is 2.72. The summed E-state index contributed by atoms with van der Waals surface area (Å²) >= 11 is 0. The molecule has 0 aliphatic heterocycles. The third kappa shape index (κ3) is 4.07. The molecular weight excluding hydrogens is 218 g/mol. The number of methoxy groups -OCH3 is 2. The maximum absolute atomic E-state index is 11.1. The van der Waals surface area contributed by atoms with Gasteiger partial charge in [-0.2, -0.15) is 0 Å². The van der Waals surface area contributed by atoms with Crippen LogP contribution in [0.3, 0.4) is 0 Å². The minimum Gasteiger partial charge on any atom is -0.496 e. The van der Waals surface area contributed by atoms with Gasteiger partial charge in [0.05, 0.1) is 20.6 Å². The minimum atomic E-state index is -0.288. The zero-order valence-corrected chi connectivity index (χ0v) is 10.5. The van der Waals surface area contributed by atoms with Crippen LogP contribution in [0.1, 0.15) is 17.5 Å². The van der Waals surface area contributed by atoms with Gasteiger partial charge in [0.1, 0.15) is 5.75 Å². The largest absolute Gasteiger partial charge is 0.496 e. The molecule has 0 saturated carbocycles. The molecule has 4 nitrogen and oxygen atoms in total. The number of nitrogens with two attached hydrogens (primary N) is 1. The van der Waals surface area contributed by atoms with Gasteiger partial charge in [0.2, 0.25) is 0 Å². The lowest BCUT2D eigenvalue weighted by atomic mass is 10.0. The fraction of sp³-hybridized carbons (Fsp3) is 0.462. The number of carbonyl (C=O) groups excluding carboxylic acids is 1. The number of esters is 1. The van der Waals surface area contributed by atoms with Crippen LogP contribution < -0.4 is 10.5 Å². The van der Waals surface area contributed by atoms with E-state index in [2.05, 4.69) is 4.74 Å². The zero-order valence-electron chi connectivity index (χ0n) is 10.5. The average Bonchev–Trinajstić information content (AvgIpc) is 2.29. The number of ether oxygens (including phenoxy) is 2. The molecule has 0 radical (unpaired) electrons. The Hall–Kier alpha value is -1.55. The van der Waals surface area contributed by atoms with Gasteiger partial charge in [-0.05, 0) is 25.0 Å². The van der Waals surface area contributed by atoms with Crippen LogP contribution in [0.2, 0.25) is 0 Å². The predicted molar refractivity (Wildman–Crippen MR) is 66.0 cm³/mol. The monoisotopic (exact) mass is 237 g/mol. The van der Waals surface area contributed by atoms with Crippen LogP contribution in [0, 0.1) is 6.92 Å². The van der Waals surface area contributed by atoms with Crippen molar-refractivity contribution in [1.29, 1.82) is 0 Å². The van der Waals surface area contributed by atoms with Gasteiger partial charge >= 0.3 is 5.97 Å². The van der Waals surface area contributed by atoms with Gasteiger partial charge in [-0.1, -0.05) is 17.7 Å². The molecule has 4 heteroatoms. The van der Waals surface area contributed by atoms with Crippen LogP contribution in [0.4, 0.5) is 0 Å². The Morgan fingerprint density at radius 2 is 2.12 bits per heavy atom. The number of hydrogen-bond acceptors (Lipinski definition) is 4. The summed E-state index contributed by atoms with van der Waals surface area (Å²) in [6.07, 6.45) is 0.813. The Labute approximate surface area is 102 Å². The summed E-state index contributed by atoms with van der Waals surface area (Å²) in [5.74, 6) is 0.514. The Morgan fingerprint density at radius 3 is 2.71 bits per heavy atom. The molecular formula is C13H19NO3.